The van der Waals surface area contributed by atoms with E-state index in [2.05, 4.69) is 27.6 Å². The number of carbonyl (C=O) groups excluding carboxylic acids is 1. The van der Waals surface area contributed by atoms with Crippen molar-refractivity contribution < 1.29 is 4.79 Å². The number of nitrogens with zero attached hydrogens (tertiary/aromatic N) is 2. The number of carbonyl (C=O) groups is 1. The van der Waals surface area contributed by atoms with Crippen molar-refractivity contribution in [1.82, 2.24) is 9.88 Å². The fourth-order valence-corrected chi connectivity index (χ4v) is 2.77. The van der Waals surface area contributed by atoms with Gasteiger partial charge in [0.2, 0.25) is 0 Å². The molecule has 3 nitrogen and oxygen atoms in total. The minimum atomic E-state index is 0.120. The van der Waals surface area contributed by atoms with Gasteiger partial charge in [-0.1, -0.05) is 12.1 Å². The molecule has 0 saturated heterocycles. The topological polar surface area (TPSA) is 33.2 Å². The molecule has 1 amide bonds. The molecule has 1 aliphatic rings. The molecule has 1 heterocycles. The minimum Gasteiger partial charge on any atom is -0.331 e. The van der Waals surface area contributed by atoms with Crippen molar-refractivity contribution in [2.75, 3.05) is 0 Å². The third-order valence-corrected chi connectivity index (χ3v) is 4.07. The Kier molecular flexibility index (Phi) is 4.00. The van der Waals surface area contributed by atoms with Gasteiger partial charge in [-0.2, -0.15) is 0 Å². The molecular formula is C16H15IN2O. The highest BCUT2D eigenvalue weighted by atomic mass is 127. The van der Waals surface area contributed by atoms with Crippen LogP contribution < -0.4 is 0 Å². The van der Waals surface area contributed by atoms with Crippen molar-refractivity contribution in [3.63, 3.8) is 0 Å². The monoisotopic (exact) mass is 378 g/mol. The second kappa shape index (κ2) is 5.91. The molecule has 0 radical (unpaired) electrons. The molecule has 0 N–H and O–H groups in total. The maximum absolute atomic E-state index is 12.7. The van der Waals surface area contributed by atoms with E-state index in [1.807, 2.05) is 47.5 Å². The molecule has 1 aromatic heterocycles. The Labute approximate surface area is 132 Å². The number of rotatable bonds is 4. The van der Waals surface area contributed by atoms with Crippen LogP contribution in [-0.4, -0.2) is 21.8 Å². The first-order valence-corrected chi connectivity index (χ1v) is 7.77. The largest absolute Gasteiger partial charge is 0.331 e. The molecule has 1 aromatic carbocycles. The van der Waals surface area contributed by atoms with E-state index in [4.69, 9.17) is 0 Å². The molecule has 0 bridgehead atoms. The Balaban J connectivity index is 1.82. The summed E-state index contributed by atoms with van der Waals surface area (Å²) in [6.45, 7) is 0.642. The molecule has 1 aliphatic carbocycles. The van der Waals surface area contributed by atoms with Crippen LogP contribution in [0.5, 0.6) is 0 Å². The number of hydrogen-bond donors (Lipinski definition) is 0. The van der Waals surface area contributed by atoms with Gasteiger partial charge in [0.05, 0.1) is 0 Å². The van der Waals surface area contributed by atoms with E-state index in [1.54, 1.807) is 6.20 Å². The van der Waals surface area contributed by atoms with Gasteiger partial charge < -0.3 is 4.90 Å². The Morgan fingerprint density at radius 2 is 2.15 bits per heavy atom. The summed E-state index contributed by atoms with van der Waals surface area (Å²) in [6, 6.07) is 12.1. The fraction of sp³-hybridized carbons (Fsp3) is 0.250. The van der Waals surface area contributed by atoms with Gasteiger partial charge in [-0.3, -0.25) is 9.78 Å². The van der Waals surface area contributed by atoms with Crippen LogP contribution in [0.2, 0.25) is 0 Å². The third kappa shape index (κ3) is 3.17. The highest BCUT2D eigenvalue weighted by molar-refractivity contribution is 14.1. The van der Waals surface area contributed by atoms with Crippen molar-refractivity contribution in [2.45, 2.75) is 25.4 Å². The number of halogens is 1. The quantitative estimate of drug-likeness (QED) is 0.764. The Hall–Kier alpha value is -1.43. The van der Waals surface area contributed by atoms with E-state index in [9.17, 15) is 4.79 Å². The zero-order chi connectivity index (χ0) is 13.9. The lowest BCUT2D eigenvalue weighted by atomic mass is 10.1. The van der Waals surface area contributed by atoms with E-state index in [1.165, 1.54) is 0 Å². The van der Waals surface area contributed by atoms with Gasteiger partial charge in [0.15, 0.2) is 0 Å². The summed E-state index contributed by atoms with van der Waals surface area (Å²) in [4.78, 5) is 18.8. The van der Waals surface area contributed by atoms with E-state index >= 15 is 0 Å². The van der Waals surface area contributed by atoms with E-state index in [0.29, 0.717) is 12.6 Å². The highest BCUT2D eigenvalue weighted by Crippen LogP contribution is 2.29. The van der Waals surface area contributed by atoms with E-state index < -0.39 is 0 Å². The number of hydrogen-bond acceptors (Lipinski definition) is 2. The maximum atomic E-state index is 12.7. The van der Waals surface area contributed by atoms with Crippen LogP contribution in [0.15, 0.2) is 48.8 Å². The van der Waals surface area contributed by atoms with Gasteiger partial charge in [0.25, 0.3) is 5.91 Å². The second-order valence-electron chi connectivity index (χ2n) is 5.04. The lowest BCUT2D eigenvalue weighted by Gasteiger charge is -2.22. The molecule has 102 valence electrons. The van der Waals surface area contributed by atoms with Crippen molar-refractivity contribution in [3.8, 4) is 0 Å². The van der Waals surface area contributed by atoms with Gasteiger partial charge in [-0.25, -0.2) is 0 Å². The van der Waals surface area contributed by atoms with Crippen molar-refractivity contribution in [1.29, 1.82) is 0 Å². The van der Waals surface area contributed by atoms with Gasteiger partial charge in [-0.15, -0.1) is 0 Å². The predicted octanol–water partition coefficient (Wildman–Crippen LogP) is 3.49. The van der Waals surface area contributed by atoms with Crippen LogP contribution in [0, 0.1) is 3.57 Å². The van der Waals surface area contributed by atoms with Gasteiger partial charge >= 0.3 is 0 Å². The third-order valence-electron chi connectivity index (χ3n) is 3.40. The van der Waals surface area contributed by atoms with E-state index in [-0.39, 0.29) is 5.91 Å². The van der Waals surface area contributed by atoms with Gasteiger partial charge in [0, 0.05) is 34.1 Å². The van der Waals surface area contributed by atoms with Crippen molar-refractivity contribution in [3.05, 3.63) is 63.5 Å². The SMILES string of the molecule is O=C(c1cccc(I)c1)N(Cc1cccnc1)C1CC1. The summed E-state index contributed by atoms with van der Waals surface area (Å²) in [6.07, 6.45) is 5.80. The zero-order valence-electron chi connectivity index (χ0n) is 11.0. The molecule has 0 unspecified atom stereocenters. The summed E-state index contributed by atoms with van der Waals surface area (Å²) in [7, 11) is 0. The first-order chi connectivity index (χ1) is 9.74. The van der Waals surface area contributed by atoms with Crippen LogP contribution in [0.25, 0.3) is 0 Å². The van der Waals surface area contributed by atoms with Crippen LogP contribution >= 0.6 is 22.6 Å². The molecule has 1 fully saturated rings. The predicted molar refractivity (Wildman–Crippen MR) is 86.3 cm³/mol. The van der Waals surface area contributed by atoms with Gasteiger partial charge in [0.1, 0.15) is 0 Å². The average molecular weight is 378 g/mol. The highest BCUT2D eigenvalue weighted by Gasteiger charge is 2.33. The van der Waals surface area contributed by atoms with E-state index in [0.717, 1.165) is 27.5 Å². The first-order valence-electron chi connectivity index (χ1n) is 6.69. The normalized spacial score (nSPS) is 14.1. The van der Waals surface area contributed by atoms with Crippen LogP contribution in [0.1, 0.15) is 28.8 Å². The summed E-state index contributed by atoms with van der Waals surface area (Å²) in [5, 5.41) is 0. The number of benzene rings is 1. The molecule has 4 heteroatoms. The first kappa shape index (κ1) is 13.5. The lowest BCUT2D eigenvalue weighted by Crippen LogP contribution is -2.32. The number of pyridine rings is 1. The van der Waals surface area contributed by atoms with Crippen LogP contribution in [-0.2, 0) is 6.54 Å². The molecular weight excluding hydrogens is 363 g/mol. The molecule has 0 spiro atoms. The lowest BCUT2D eigenvalue weighted by molar-refractivity contribution is 0.0729. The Morgan fingerprint density at radius 1 is 1.30 bits per heavy atom. The van der Waals surface area contributed by atoms with Gasteiger partial charge in [-0.05, 0) is 65.3 Å². The molecule has 20 heavy (non-hydrogen) atoms. The van der Waals surface area contributed by atoms with Crippen LogP contribution in [0.4, 0.5) is 0 Å². The number of aromatic nitrogens is 1. The second-order valence-corrected chi connectivity index (χ2v) is 6.28. The van der Waals surface area contributed by atoms with Crippen molar-refractivity contribution in [2.24, 2.45) is 0 Å². The molecule has 1 saturated carbocycles. The summed E-state index contributed by atoms with van der Waals surface area (Å²) in [5.74, 6) is 0.120. The average Bonchev–Trinajstić information content (AvgIpc) is 3.30. The standard InChI is InChI=1S/C16H15IN2O/c17-14-5-1-4-13(9-14)16(20)19(15-6-7-15)11-12-3-2-8-18-10-12/h1-5,8-10,15H,6-7,11H2. The number of amides is 1. The Bertz CT molecular complexity index is 611. The fourth-order valence-electron chi connectivity index (χ4n) is 2.23. The zero-order valence-corrected chi connectivity index (χ0v) is 13.2. The molecule has 0 atom stereocenters. The maximum Gasteiger partial charge on any atom is 0.254 e. The smallest absolute Gasteiger partial charge is 0.254 e. The Morgan fingerprint density at radius 3 is 2.80 bits per heavy atom. The summed E-state index contributed by atoms with van der Waals surface area (Å²) >= 11 is 2.24. The minimum absolute atomic E-state index is 0.120. The van der Waals surface area contributed by atoms with Crippen LogP contribution in [0.3, 0.4) is 0 Å². The summed E-state index contributed by atoms with van der Waals surface area (Å²) < 4.78 is 1.09. The molecule has 2 aromatic rings. The molecule has 0 aliphatic heterocycles. The van der Waals surface area contributed by atoms with Crippen molar-refractivity contribution >= 4 is 28.5 Å². The summed E-state index contributed by atoms with van der Waals surface area (Å²) in [5.41, 5.74) is 1.85. The molecule has 3 rings (SSSR count).